The molecule has 4 fully saturated rings. The van der Waals surface area contributed by atoms with Crippen LogP contribution in [0.15, 0.2) is 0 Å². The second-order valence-electron chi connectivity index (χ2n) is 9.41. The molecule has 4 rings (SSSR count). The molecule has 6 atom stereocenters. The van der Waals surface area contributed by atoms with Crippen molar-refractivity contribution < 1.29 is 19.5 Å². The van der Waals surface area contributed by atoms with Crippen molar-refractivity contribution in [2.24, 2.45) is 11.8 Å². The van der Waals surface area contributed by atoms with E-state index in [1.54, 1.807) is 16.7 Å². The summed E-state index contributed by atoms with van der Waals surface area (Å²) < 4.78 is -0.585. The van der Waals surface area contributed by atoms with Crippen LogP contribution in [0, 0.1) is 11.8 Å². The van der Waals surface area contributed by atoms with E-state index < -0.39 is 22.6 Å². The van der Waals surface area contributed by atoms with Crippen LogP contribution in [0.25, 0.3) is 0 Å². The van der Waals surface area contributed by atoms with Crippen molar-refractivity contribution in [2.75, 3.05) is 19.7 Å². The van der Waals surface area contributed by atoms with E-state index in [4.69, 9.17) is 0 Å². The summed E-state index contributed by atoms with van der Waals surface area (Å²) in [7, 11) is 0. The first-order valence-electron chi connectivity index (χ1n) is 11.8. The number of carbonyl (C=O) groups is 3. The summed E-state index contributed by atoms with van der Waals surface area (Å²) in [5.41, 5.74) is 0. The van der Waals surface area contributed by atoms with Gasteiger partial charge in [-0.05, 0) is 32.1 Å². The Morgan fingerprint density at radius 3 is 2.68 bits per heavy atom. The first-order valence-corrected chi connectivity index (χ1v) is 13.6. The van der Waals surface area contributed by atoms with Gasteiger partial charge in [0.05, 0.1) is 16.6 Å². The van der Waals surface area contributed by atoms with E-state index in [1.165, 1.54) is 6.42 Å². The van der Waals surface area contributed by atoms with E-state index in [2.05, 4.69) is 26.6 Å². The molecule has 31 heavy (non-hydrogen) atoms. The molecule has 3 amide bonds. The second kappa shape index (κ2) is 9.59. The average Bonchev–Trinajstić information content (AvgIpc) is 3.34. The lowest BCUT2D eigenvalue weighted by Crippen LogP contribution is -2.56. The number of amides is 3. The van der Waals surface area contributed by atoms with E-state index in [1.807, 2.05) is 6.92 Å². The summed E-state index contributed by atoms with van der Waals surface area (Å²) in [5, 5.41) is 15.6. The number of hydrogen-bond acceptors (Lipinski definition) is 5. The predicted octanol–water partition coefficient (Wildman–Crippen LogP) is 1.81. The third-order valence-corrected chi connectivity index (χ3v) is 10.6. The Morgan fingerprint density at radius 2 is 2.00 bits per heavy atom. The molecule has 3 unspecified atom stereocenters. The minimum absolute atomic E-state index is 0.00391. The number of carbonyl (C=O) groups excluding carboxylic acids is 3. The van der Waals surface area contributed by atoms with Crippen LogP contribution in [0.4, 0.5) is 0 Å². The fraction of sp³-hybridized carbons (Fsp3) is 0.864. The van der Waals surface area contributed by atoms with Gasteiger partial charge < -0.3 is 20.6 Å². The van der Waals surface area contributed by atoms with Crippen LogP contribution >= 0.6 is 27.7 Å². The van der Waals surface area contributed by atoms with Gasteiger partial charge in [-0.1, -0.05) is 42.1 Å². The molecular weight excluding hydrogens is 482 g/mol. The van der Waals surface area contributed by atoms with E-state index in [-0.39, 0.29) is 40.4 Å². The number of rotatable bonds is 8. The zero-order valence-corrected chi connectivity index (χ0v) is 20.6. The molecule has 0 aromatic carbocycles. The lowest BCUT2D eigenvalue weighted by Gasteiger charge is -2.36. The summed E-state index contributed by atoms with van der Waals surface area (Å²) in [4.78, 5) is 42.1. The van der Waals surface area contributed by atoms with E-state index in [0.717, 1.165) is 32.1 Å². The normalized spacial score (nSPS) is 37.2. The molecule has 2 bridgehead atoms. The molecule has 3 N–H and O–H groups in total. The molecule has 0 aromatic rings. The Morgan fingerprint density at radius 1 is 1.26 bits per heavy atom. The van der Waals surface area contributed by atoms with Gasteiger partial charge in [-0.25, -0.2) is 0 Å². The first kappa shape index (κ1) is 23.4. The lowest BCUT2D eigenvalue weighted by molar-refractivity contribution is -0.140. The number of alkyl halides is 1. The standard InChI is InChI=1S/C22H34BrN3O4S/c1-2-9-24-19(28)15-16-21(30)26(10-6-11-27)18(22(16)12-14(23)17(15)31-22)20(29)25-13-7-4-3-5-8-13/h13-18,27H,2-12H2,1H3,(H,24,28)(H,25,29)/t14?,15-,16-,17-,18?,22?/m0/s1. The maximum Gasteiger partial charge on any atom is 0.244 e. The first-order chi connectivity index (χ1) is 14.9. The molecule has 9 heteroatoms. The fourth-order valence-electron chi connectivity index (χ4n) is 6.10. The Kier molecular flexibility index (Phi) is 7.23. The monoisotopic (exact) mass is 515 g/mol. The number of halogens is 1. The Balaban J connectivity index is 1.63. The number of aliphatic hydroxyl groups excluding tert-OH is 1. The van der Waals surface area contributed by atoms with Crippen LogP contribution in [-0.4, -0.2) is 74.3 Å². The van der Waals surface area contributed by atoms with Crippen molar-refractivity contribution in [3.05, 3.63) is 0 Å². The van der Waals surface area contributed by atoms with Crippen LogP contribution < -0.4 is 10.6 Å². The summed E-state index contributed by atoms with van der Waals surface area (Å²) in [6.07, 6.45) is 7.39. The molecule has 4 aliphatic rings. The van der Waals surface area contributed by atoms with Crippen LogP contribution in [-0.2, 0) is 14.4 Å². The van der Waals surface area contributed by atoms with E-state index in [9.17, 15) is 19.5 Å². The number of nitrogens with one attached hydrogen (secondary N) is 2. The molecule has 1 saturated carbocycles. The largest absolute Gasteiger partial charge is 0.396 e. The molecule has 0 radical (unpaired) electrons. The van der Waals surface area contributed by atoms with Crippen molar-refractivity contribution in [2.45, 2.75) is 85.2 Å². The molecule has 174 valence electrons. The van der Waals surface area contributed by atoms with Gasteiger partial charge in [0.1, 0.15) is 6.04 Å². The molecule has 3 saturated heterocycles. The van der Waals surface area contributed by atoms with Crippen LogP contribution in [0.3, 0.4) is 0 Å². The van der Waals surface area contributed by atoms with Crippen molar-refractivity contribution in [1.29, 1.82) is 0 Å². The predicted molar refractivity (Wildman–Crippen MR) is 124 cm³/mol. The molecule has 1 aliphatic carbocycles. The smallest absolute Gasteiger partial charge is 0.244 e. The summed E-state index contributed by atoms with van der Waals surface area (Å²) in [6, 6.07) is -0.420. The summed E-state index contributed by atoms with van der Waals surface area (Å²) in [6.45, 7) is 2.91. The number of thioether (sulfide) groups is 1. The summed E-state index contributed by atoms with van der Waals surface area (Å²) in [5.74, 6) is -1.15. The third kappa shape index (κ3) is 4.03. The fourth-order valence-corrected chi connectivity index (χ4v) is 9.72. The Labute approximate surface area is 197 Å². The maximum atomic E-state index is 13.6. The van der Waals surface area contributed by atoms with Crippen molar-refractivity contribution in [3.8, 4) is 0 Å². The van der Waals surface area contributed by atoms with Gasteiger partial charge >= 0.3 is 0 Å². The average molecular weight is 517 g/mol. The Bertz CT molecular complexity index is 719. The highest BCUT2D eigenvalue weighted by molar-refractivity contribution is 9.09. The van der Waals surface area contributed by atoms with Crippen LogP contribution in [0.2, 0.25) is 0 Å². The summed E-state index contributed by atoms with van der Waals surface area (Å²) >= 11 is 5.44. The maximum absolute atomic E-state index is 13.6. The molecule has 7 nitrogen and oxygen atoms in total. The zero-order chi connectivity index (χ0) is 22.2. The Hall–Kier alpha value is -0.800. The van der Waals surface area contributed by atoms with Gasteiger partial charge in [-0.3, -0.25) is 14.4 Å². The van der Waals surface area contributed by atoms with E-state index in [0.29, 0.717) is 25.9 Å². The van der Waals surface area contributed by atoms with Crippen molar-refractivity contribution in [3.63, 3.8) is 0 Å². The topological polar surface area (TPSA) is 98.7 Å². The van der Waals surface area contributed by atoms with Crippen LogP contribution in [0.1, 0.15) is 58.3 Å². The van der Waals surface area contributed by atoms with Gasteiger partial charge in [0.25, 0.3) is 0 Å². The molecule has 1 spiro atoms. The minimum Gasteiger partial charge on any atom is -0.396 e. The SMILES string of the molecule is CCCNC(=O)[C@H]1[C@H]2C(=O)N(CCCO)C(C(=O)NC3CCCCC3)C23CC(Br)[C@@H]1S3. The highest BCUT2D eigenvalue weighted by Crippen LogP contribution is 2.67. The number of likely N-dealkylation sites (tertiary alicyclic amines) is 1. The number of fused-ring (bicyclic) bond motifs is 1. The minimum atomic E-state index is -0.586. The number of hydrogen-bond donors (Lipinski definition) is 3. The second-order valence-corrected chi connectivity index (χ2v) is 12.1. The van der Waals surface area contributed by atoms with Gasteiger partial charge in [-0.2, -0.15) is 0 Å². The highest BCUT2D eigenvalue weighted by atomic mass is 79.9. The van der Waals surface area contributed by atoms with Crippen molar-refractivity contribution >= 4 is 45.4 Å². The van der Waals surface area contributed by atoms with Crippen molar-refractivity contribution in [1.82, 2.24) is 15.5 Å². The molecule has 0 aromatic heterocycles. The number of aliphatic hydroxyl groups is 1. The third-order valence-electron chi connectivity index (χ3n) is 7.40. The molecular formula is C22H34BrN3O4S. The van der Waals surface area contributed by atoms with Gasteiger partial charge in [0, 0.05) is 35.8 Å². The van der Waals surface area contributed by atoms with Gasteiger partial charge in [-0.15, -0.1) is 11.8 Å². The zero-order valence-electron chi connectivity index (χ0n) is 18.1. The van der Waals surface area contributed by atoms with Gasteiger partial charge in [0.2, 0.25) is 17.7 Å². The molecule has 3 heterocycles. The lowest BCUT2D eigenvalue weighted by atomic mass is 9.70. The van der Waals surface area contributed by atoms with Gasteiger partial charge in [0.15, 0.2) is 0 Å². The highest BCUT2D eigenvalue weighted by Gasteiger charge is 2.75. The van der Waals surface area contributed by atoms with Crippen LogP contribution in [0.5, 0.6) is 0 Å². The number of nitrogens with zero attached hydrogens (tertiary/aromatic N) is 1. The molecule has 3 aliphatic heterocycles. The van der Waals surface area contributed by atoms with E-state index >= 15 is 0 Å². The quantitative estimate of drug-likeness (QED) is 0.428.